The highest BCUT2D eigenvalue weighted by molar-refractivity contribution is 9.10. The summed E-state index contributed by atoms with van der Waals surface area (Å²) in [5.74, 6) is 0.576. The average molecular weight is 331 g/mol. The second-order valence-corrected chi connectivity index (χ2v) is 5.95. The fourth-order valence-corrected chi connectivity index (χ4v) is 2.49. The van der Waals surface area contributed by atoms with Crippen LogP contribution < -0.4 is 0 Å². The van der Waals surface area contributed by atoms with E-state index in [0.717, 1.165) is 21.1 Å². The Bertz CT molecular complexity index is 723. The Morgan fingerprint density at radius 2 is 1.75 bits per heavy atom. The first-order valence-corrected chi connectivity index (χ1v) is 7.24. The van der Waals surface area contributed by atoms with Crippen LogP contribution in [0, 0.1) is 13.8 Å². The van der Waals surface area contributed by atoms with Crippen LogP contribution in [0.5, 0.6) is 0 Å². The Hall–Kier alpha value is -1.65. The first kappa shape index (κ1) is 13.3. The van der Waals surface area contributed by atoms with Gasteiger partial charge in [0.1, 0.15) is 11.9 Å². The molecule has 2 N–H and O–H groups in total. The smallest absolute Gasteiger partial charge is 0.140 e. The second kappa shape index (κ2) is 5.04. The van der Waals surface area contributed by atoms with Crippen LogP contribution in [0.25, 0.3) is 11.0 Å². The molecule has 0 bridgehead atoms. The molecule has 1 aromatic heterocycles. The topological polar surface area (TPSA) is 48.9 Å². The summed E-state index contributed by atoms with van der Waals surface area (Å²) in [5.41, 5.74) is 5.08. The zero-order chi connectivity index (χ0) is 14.3. The molecule has 0 amide bonds. The lowest BCUT2D eigenvalue weighted by Crippen LogP contribution is -2.01. The average Bonchev–Trinajstić information content (AvgIpc) is 2.82. The van der Waals surface area contributed by atoms with Gasteiger partial charge in [-0.05, 0) is 54.8 Å². The third-order valence-corrected chi connectivity index (χ3v) is 4.09. The fourth-order valence-electron chi connectivity index (χ4n) is 2.22. The number of nitrogens with one attached hydrogen (secondary N) is 1. The monoisotopic (exact) mass is 330 g/mol. The molecule has 1 unspecified atom stereocenters. The summed E-state index contributed by atoms with van der Waals surface area (Å²) in [6, 6.07) is 11.7. The molecule has 102 valence electrons. The number of hydrogen-bond donors (Lipinski definition) is 2. The Labute approximate surface area is 125 Å². The van der Waals surface area contributed by atoms with Gasteiger partial charge >= 0.3 is 0 Å². The van der Waals surface area contributed by atoms with Gasteiger partial charge < -0.3 is 10.1 Å². The van der Waals surface area contributed by atoms with Crippen molar-refractivity contribution in [1.29, 1.82) is 0 Å². The number of benzene rings is 2. The molecule has 0 fully saturated rings. The van der Waals surface area contributed by atoms with Gasteiger partial charge in [0.2, 0.25) is 0 Å². The molecule has 0 radical (unpaired) electrons. The summed E-state index contributed by atoms with van der Waals surface area (Å²) in [7, 11) is 0. The van der Waals surface area contributed by atoms with Crippen LogP contribution in [0.15, 0.2) is 40.9 Å². The number of H-pyrrole nitrogens is 1. The summed E-state index contributed by atoms with van der Waals surface area (Å²) in [5, 5.41) is 10.4. The third-order valence-electron chi connectivity index (χ3n) is 3.56. The number of hydrogen-bond acceptors (Lipinski definition) is 2. The Morgan fingerprint density at radius 1 is 1.10 bits per heavy atom. The van der Waals surface area contributed by atoms with Crippen molar-refractivity contribution in [3.05, 3.63) is 63.4 Å². The van der Waals surface area contributed by atoms with Crippen LogP contribution in [-0.4, -0.2) is 15.1 Å². The Kier molecular flexibility index (Phi) is 3.36. The minimum atomic E-state index is -0.740. The number of halogens is 1. The Morgan fingerprint density at radius 3 is 2.45 bits per heavy atom. The van der Waals surface area contributed by atoms with Gasteiger partial charge in [0.25, 0.3) is 0 Å². The minimum absolute atomic E-state index is 0.576. The zero-order valence-electron chi connectivity index (χ0n) is 11.3. The molecule has 0 aliphatic rings. The third kappa shape index (κ3) is 2.37. The van der Waals surface area contributed by atoms with E-state index < -0.39 is 6.10 Å². The molecule has 0 saturated heterocycles. The molecule has 1 heterocycles. The molecule has 0 saturated carbocycles. The molecule has 3 aromatic rings. The molecule has 20 heavy (non-hydrogen) atoms. The number of rotatable bonds is 2. The van der Waals surface area contributed by atoms with Crippen LogP contribution in [-0.2, 0) is 0 Å². The van der Waals surface area contributed by atoms with Gasteiger partial charge in [-0.25, -0.2) is 4.98 Å². The summed E-state index contributed by atoms with van der Waals surface area (Å²) >= 11 is 3.39. The van der Waals surface area contributed by atoms with E-state index in [9.17, 15) is 5.11 Å². The molecule has 1 atom stereocenters. The van der Waals surface area contributed by atoms with Gasteiger partial charge in [0.05, 0.1) is 11.0 Å². The van der Waals surface area contributed by atoms with Crippen LogP contribution in [0.2, 0.25) is 0 Å². The summed E-state index contributed by atoms with van der Waals surface area (Å²) in [6.45, 7) is 4.13. The summed E-state index contributed by atoms with van der Waals surface area (Å²) < 4.78 is 0.990. The van der Waals surface area contributed by atoms with E-state index in [0.29, 0.717) is 5.82 Å². The lowest BCUT2D eigenvalue weighted by Gasteiger charge is -2.07. The van der Waals surface area contributed by atoms with E-state index in [4.69, 9.17) is 0 Å². The molecular weight excluding hydrogens is 316 g/mol. The first-order chi connectivity index (χ1) is 9.54. The molecule has 2 aromatic carbocycles. The maximum atomic E-state index is 10.4. The number of aliphatic hydroxyl groups excluding tert-OH is 1. The fraction of sp³-hybridized carbons (Fsp3) is 0.188. The number of fused-ring (bicyclic) bond motifs is 1. The van der Waals surface area contributed by atoms with Gasteiger partial charge in [-0.3, -0.25) is 0 Å². The molecule has 0 spiro atoms. The van der Waals surface area contributed by atoms with E-state index in [-0.39, 0.29) is 0 Å². The Balaban J connectivity index is 2.03. The maximum absolute atomic E-state index is 10.4. The van der Waals surface area contributed by atoms with Crippen molar-refractivity contribution in [1.82, 2.24) is 9.97 Å². The van der Waals surface area contributed by atoms with E-state index in [1.54, 1.807) is 0 Å². The first-order valence-electron chi connectivity index (χ1n) is 6.45. The van der Waals surface area contributed by atoms with Crippen LogP contribution in [0.1, 0.15) is 28.6 Å². The highest BCUT2D eigenvalue weighted by Crippen LogP contribution is 2.25. The molecule has 3 nitrogen and oxygen atoms in total. The van der Waals surface area contributed by atoms with Crippen LogP contribution in [0.3, 0.4) is 0 Å². The molecule has 3 rings (SSSR count). The van der Waals surface area contributed by atoms with Crippen molar-refractivity contribution in [2.75, 3.05) is 0 Å². The van der Waals surface area contributed by atoms with Gasteiger partial charge in [-0.1, -0.05) is 28.1 Å². The molecular formula is C16H15BrN2O. The highest BCUT2D eigenvalue weighted by Gasteiger charge is 2.15. The van der Waals surface area contributed by atoms with Crippen molar-refractivity contribution in [3.63, 3.8) is 0 Å². The van der Waals surface area contributed by atoms with E-state index >= 15 is 0 Å². The van der Waals surface area contributed by atoms with Crippen molar-refractivity contribution in [2.45, 2.75) is 20.0 Å². The highest BCUT2D eigenvalue weighted by atomic mass is 79.9. The molecule has 0 aliphatic carbocycles. The predicted molar refractivity (Wildman–Crippen MR) is 83.8 cm³/mol. The van der Waals surface area contributed by atoms with Crippen molar-refractivity contribution in [2.24, 2.45) is 0 Å². The van der Waals surface area contributed by atoms with Crippen molar-refractivity contribution < 1.29 is 5.11 Å². The minimum Gasteiger partial charge on any atom is -0.380 e. The SMILES string of the molecule is Cc1cc2nc(C(O)c3ccc(Br)cc3)[nH]c2cc1C. The summed E-state index contributed by atoms with van der Waals surface area (Å²) in [6.07, 6.45) is -0.740. The van der Waals surface area contributed by atoms with Gasteiger partial charge in [-0.15, -0.1) is 0 Å². The van der Waals surface area contributed by atoms with Gasteiger partial charge in [-0.2, -0.15) is 0 Å². The largest absolute Gasteiger partial charge is 0.380 e. The standard InChI is InChI=1S/C16H15BrN2O/c1-9-7-13-14(8-10(9)2)19-16(18-13)15(20)11-3-5-12(17)6-4-11/h3-8,15,20H,1-2H3,(H,18,19). The number of aromatic amines is 1. The lowest BCUT2D eigenvalue weighted by molar-refractivity contribution is 0.211. The quantitative estimate of drug-likeness (QED) is 0.745. The number of aliphatic hydroxyl groups is 1. The van der Waals surface area contributed by atoms with Crippen molar-refractivity contribution in [3.8, 4) is 0 Å². The van der Waals surface area contributed by atoms with E-state index in [2.05, 4.69) is 45.8 Å². The van der Waals surface area contributed by atoms with E-state index in [1.165, 1.54) is 11.1 Å². The van der Waals surface area contributed by atoms with E-state index in [1.807, 2.05) is 30.3 Å². The molecule has 0 aliphatic heterocycles. The number of nitrogens with zero attached hydrogens (tertiary/aromatic N) is 1. The zero-order valence-corrected chi connectivity index (χ0v) is 12.9. The number of aromatic nitrogens is 2. The van der Waals surface area contributed by atoms with Gasteiger partial charge in [0.15, 0.2) is 0 Å². The molecule has 4 heteroatoms. The maximum Gasteiger partial charge on any atom is 0.140 e. The number of aryl methyl sites for hydroxylation is 2. The normalized spacial score (nSPS) is 12.8. The predicted octanol–water partition coefficient (Wildman–Crippen LogP) is 4.02. The second-order valence-electron chi connectivity index (χ2n) is 5.03. The summed E-state index contributed by atoms with van der Waals surface area (Å²) in [4.78, 5) is 7.70. The van der Waals surface area contributed by atoms with Crippen LogP contribution >= 0.6 is 15.9 Å². The van der Waals surface area contributed by atoms with Crippen molar-refractivity contribution >= 4 is 27.0 Å². The van der Waals surface area contributed by atoms with Gasteiger partial charge in [0, 0.05) is 4.47 Å². The lowest BCUT2D eigenvalue weighted by atomic mass is 10.1. The number of imidazole rings is 1. The van der Waals surface area contributed by atoms with Crippen LogP contribution in [0.4, 0.5) is 0 Å².